The van der Waals surface area contributed by atoms with Crippen molar-refractivity contribution in [3.05, 3.63) is 35.7 Å². The number of hydrogen-bond acceptors (Lipinski definition) is 2. The summed E-state index contributed by atoms with van der Waals surface area (Å²) in [5, 5.41) is 13.5. The zero-order valence-corrected chi connectivity index (χ0v) is 9.36. The Morgan fingerprint density at radius 1 is 1.62 bits per heavy atom. The second-order valence-corrected chi connectivity index (χ2v) is 3.17. The molecule has 0 saturated heterocycles. The maximum absolute atomic E-state index is 6.92. The fourth-order valence-electron chi connectivity index (χ4n) is 1.32. The van der Waals surface area contributed by atoms with Crippen molar-refractivity contribution in [2.75, 3.05) is 0 Å². The lowest BCUT2D eigenvalue weighted by Crippen LogP contribution is -2.15. The van der Waals surface area contributed by atoms with Crippen molar-refractivity contribution in [2.24, 2.45) is 10.7 Å². The molecule has 0 aliphatic rings. The molecular formula is C11H15N5. The second kappa shape index (κ2) is 5.65. The van der Waals surface area contributed by atoms with Gasteiger partial charge in [0, 0.05) is 17.3 Å². The average Bonchev–Trinajstić information content (AvgIpc) is 2.78. The van der Waals surface area contributed by atoms with E-state index in [-0.39, 0.29) is 0 Å². The molecule has 1 aromatic rings. The Morgan fingerprint density at radius 3 is 2.88 bits per heavy atom. The number of hydrogen-bond donors (Lipinski definition) is 3. The molecule has 5 nitrogen and oxygen atoms in total. The summed E-state index contributed by atoms with van der Waals surface area (Å²) in [5.41, 5.74) is 8.50. The molecule has 0 amide bonds. The van der Waals surface area contributed by atoms with Crippen molar-refractivity contribution >= 4 is 17.7 Å². The van der Waals surface area contributed by atoms with Gasteiger partial charge in [-0.15, -0.1) is 0 Å². The van der Waals surface area contributed by atoms with Gasteiger partial charge in [-0.3, -0.25) is 10.5 Å². The van der Waals surface area contributed by atoms with E-state index in [2.05, 4.69) is 15.2 Å². The van der Waals surface area contributed by atoms with Gasteiger partial charge in [0.1, 0.15) is 12.2 Å². The van der Waals surface area contributed by atoms with Gasteiger partial charge in [-0.05, 0) is 19.4 Å². The third-order valence-electron chi connectivity index (χ3n) is 2.15. The van der Waals surface area contributed by atoms with Crippen molar-refractivity contribution in [3.8, 4) is 0 Å². The number of nitrogens with zero attached hydrogens (tertiary/aromatic N) is 2. The Balaban J connectivity index is 3.24. The average molecular weight is 217 g/mol. The number of nitrogens with one attached hydrogen (secondary N) is 2. The van der Waals surface area contributed by atoms with Crippen LogP contribution in [0.1, 0.15) is 19.4 Å². The number of aliphatic imine (C=N–C) groups is 1. The Labute approximate surface area is 94.3 Å². The highest BCUT2D eigenvalue weighted by atomic mass is 15.1. The molecule has 0 aliphatic heterocycles. The van der Waals surface area contributed by atoms with Crippen LogP contribution in [0.5, 0.6) is 0 Å². The van der Waals surface area contributed by atoms with E-state index in [1.54, 1.807) is 12.4 Å². The summed E-state index contributed by atoms with van der Waals surface area (Å²) in [6.45, 7) is 3.84. The largest absolute Gasteiger partial charge is 0.383 e. The van der Waals surface area contributed by atoms with E-state index < -0.39 is 0 Å². The van der Waals surface area contributed by atoms with E-state index >= 15 is 0 Å². The molecule has 84 valence electrons. The van der Waals surface area contributed by atoms with Gasteiger partial charge in [-0.2, -0.15) is 5.10 Å². The van der Waals surface area contributed by atoms with Crippen molar-refractivity contribution in [2.45, 2.75) is 13.8 Å². The van der Waals surface area contributed by atoms with Crippen LogP contribution in [-0.4, -0.2) is 22.4 Å². The third kappa shape index (κ3) is 2.66. The Kier molecular flexibility index (Phi) is 4.20. The first-order valence-electron chi connectivity index (χ1n) is 4.86. The summed E-state index contributed by atoms with van der Waals surface area (Å²) in [5.74, 6) is 0.326. The van der Waals surface area contributed by atoms with Crippen LogP contribution in [0.2, 0.25) is 0 Å². The minimum absolute atomic E-state index is 0.326. The van der Waals surface area contributed by atoms with Gasteiger partial charge in [-0.25, -0.2) is 4.99 Å². The van der Waals surface area contributed by atoms with Crippen molar-refractivity contribution < 1.29 is 0 Å². The van der Waals surface area contributed by atoms with E-state index in [0.717, 1.165) is 23.0 Å². The number of allylic oxidation sites excluding steroid dienone is 2. The van der Waals surface area contributed by atoms with Crippen molar-refractivity contribution in [3.63, 3.8) is 0 Å². The molecule has 1 rings (SSSR count). The molecule has 1 heterocycles. The van der Waals surface area contributed by atoms with Gasteiger partial charge in [0.25, 0.3) is 0 Å². The molecule has 1 aromatic heterocycles. The molecule has 5 heteroatoms. The second-order valence-electron chi connectivity index (χ2n) is 3.17. The zero-order chi connectivity index (χ0) is 12.0. The first-order chi connectivity index (χ1) is 7.70. The van der Waals surface area contributed by atoms with Crippen LogP contribution in [0.25, 0.3) is 5.57 Å². The molecule has 0 unspecified atom stereocenters. The Hall–Kier alpha value is -2.17. The summed E-state index contributed by atoms with van der Waals surface area (Å²) in [6, 6.07) is 0. The van der Waals surface area contributed by atoms with Crippen molar-refractivity contribution in [1.29, 1.82) is 5.41 Å². The summed E-state index contributed by atoms with van der Waals surface area (Å²) >= 11 is 0. The van der Waals surface area contributed by atoms with Gasteiger partial charge in [0.05, 0.1) is 6.20 Å². The SMILES string of the molecule is C/C=C\C(C(N)=NC=N)=C(\C)c1cn[nH]c1. The lowest BCUT2D eigenvalue weighted by atomic mass is 10.0. The minimum Gasteiger partial charge on any atom is -0.383 e. The van der Waals surface area contributed by atoms with Crippen LogP contribution in [0.15, 0.2) is 35.1 Å². The van der Waals surface area contributed by atoms with Crippen LogP contribution in [0, 0.1) is 5.41 Å². The highest BCUT2D eigenvalue weighted by Gasteiger charge is 2.06. The Morgan fingerprint density at radius 2 is 2.38 bits per heavy atom. The molecule has 0 fully saturated rings. The molecule has 0 radical (unpaired) electrons. The lowest BCUT2D eigenvalue weighted by molar-refractivity contribution is 1.09. The zero-order valence-electron chi connectivity index (χ0n) is 9.36. The summed E-state index contributed by atoms with van der Waals surface area (Å²) in [4.78, 5) is 3.77. The quantitative estimate of drug-likeness (QED) is 0.407. The molecular weight excluding hydrogens is 202 g/mol. The molecule has 0 spiro atoms. The summed E-state index contributed by atoms with van der Waals surface area (Å²) in [6.07, 6.45) is 8.18. The van der Waals surface area contributed by atoms with Crippen LogP contribution in [0.4, 0.5) is 0 Å². The van der Waals surface area contributed by atoms with Gasteiger partial charge < -0.3 is 5.73 Å². The number of amidine groups is 1. The van der Waals surface area contributed by atoms with Gasteiger partial charge >= 0.3 is 0 Å². The predicted molar refractivity (Wildman–Crippen MR) is 66.4 cm³/mol. The van der Waals surface area contributed by atoms with E-state index in [1.807, 2.05) is 26.0 Å². The number of nitrogens with two attached hydrogens (primary N) is 1. The number of aromatic amines is 1. The molecule has 0 bridgehead atoms. The first-order valence-corrected chi connectivity index (χ1v) is 4.86. The maximum atomic E-state index is 6.92. The van der Waals surface area contributed by atoms with Crippen LogP contribution in [-0.2, 0) is 0 Å². The molecule has 16 heavy (non-hydrogen) atoms. The molecule has 0 saturated carbocycles. The van der Waals surface area contributed by atoms with E-state index in [4.69, 9.17) is 11.1 Å². The predicted octanol–water partition coefficient (Wildman–Crippen LogP) is 1.72. The monoisotopic (exact) mass is 217 g/mol. The van der Waals surface area contributed by atoms with E-state index in [9.17, 15) is 0 Å². The van der Waals surface area contributed by atoms with Gasteiger partial charge in [0.15, 0.2) is 0 Å². The normalized spacial score (nSPS) is 14.0. The highest BCUT2D eigenvalue weighted by Crippen LogP contribution is 2.17. The standard InChI is InChI=1S/C11H15N5/c1-3-4-10(11(13)14-7-12)8(2)9-5-15-16-6-9/h3-7H,1-2H3,(H,15,16)(H3,12,13,14)/b4-3-,10-8+. The minimum atomic E-state index is 0.326. The topological polar surface area (TPSA) is 90.9 Å². The highest BCUT2D eigenvalue weighted by molar-refractivity contribution is 6.08. The summed E-state index contributed by atoms with van der Waals surface area (Å²) in [7, 11) is 0. The van der Waals surface area contributed by atoms with Gasteiger partial charge in [-0.1, -0.05) is 12.2 Å². The number of aromatic nitrogens is 2. The van der Waals surface area contributed by atoms with Crippen LogP contribution in [0.3, 0.4) is 0 Å². The van der Waals surface area contributed by atoms with Crippen LogP contribution < -0.4 is 5.73 Å². The molecule has 0 aliphatic carbocycles. The fraction of sp³-hybridized carbons (Fsp3) is 0.182. The molecule has 0 aromatic carbocycles. The number of H-pyrrole nitrogens is 1. The molecule has 4 N–H and O–H groups in total. The fourth-order valence-corrected chi connectivity index (χ4v) is 1.32. The van der Waals surface area contributed by atoms with Crippen LogP contribution >= 0.6 is 0 Å². The van der Waals surface area contributed by atoms with E-state index in [1.165, 1.54) is 0 Å². The van der Waals surface area contributed by atoms with Gasteiger partial charge in [0.2, 0.25) is 0 Å². The first kappa shape index (κ1) is 11.9. The van der Waals surface area contributed by atoms with E-state index in [0.29, 0.717) is 5.84 Å². The lowest BCUT2D eigenvalue weighted by Gasteiger charge is -2.05. The smallest absolute Gasteiger partial charge is 0.132 e. The third-order valence-corrected chi connectivity index (χ3v) is 2.15. The maximum Gasteiger partial charge on any atom is 0.132 e. The Bertz CT molecular complexity index is 437. The number of rotatable bonds is 4. The van der Waals surface area contributed by atoms with Crippen molar-refractivity contribution in [1.82, 2.24) is 10.2 Å². The summed E-state index contributed by atoms with van der Waals surface area (Å²) < 4.78 is 0. The molecule has 0 atom stereocenters.